The van der Waals surface area contributed by atoms with Gasteiger partial charge in [-0.05, 0) is 77.0 Å². The standard InChI is InChI=1S/C24H38N6/c1-25-23(26-13-10-20-18-27-22-9-5-4-8-21(20)22)28-19-24(11-16-29(2)17-12-24)30-14-6-3-7-15-30/h4-5,8-9,18,27H,3,6-7,10-17,19H2,1-2H3,(H2,25,26,28). The lowest BCUT2D eigenvalue weighted by Gasteiger charge is -2.50. The molecule has 0 aliphatic carbocycles. The van der Waals surface area contributed by atoms with Crippen LogP contribution in [-0.2, 0) is 6.42 Å². The predicted octanol–water partition coefficient (Wildman–Crippen LogP) is 2.83. The van der Waals surface area contributed by atoms with Crippen LogP contribution in [0.25, 0.3) is 10.9 Å². The molecule has 3 heterocycles. The maximum Gasteiger partial charge on any atom is 0.191 e. The Hall–Kier alpha value is -2.05. The summed E-state index contributed by atoms with van der Waals surface area (Å²) in [4.78, 5) is 13.1. The van der Waals surface area contributed by atoms with E-state index in [4.69, 9.17) is 0 Å². The van der Waals surface area contributed by atoms with Crippen LogP contribution in [-0.4, -0.2) is 79.6 Å². The molecule has 0 spiro atoms. The third kappa shape index (κ3) is 4.81. The van der Waals surface area contributed by atoms with E-state index in [0.717, 1.165) is 25.5 Å². The van der Waals surface area contributed by atoms with E-state index in [0.29, 0.717) is 0 Å². The fraction of sp³-hybridized carbons (Fsp3) is 0.625. The number of aromatic nitrogens is 1. The fourth-order valence-corrected chi connectivity index (χ4v) is 5.13. The summed E-state index contributed by atoms with van der Waals surface area (Å²) in [6, 6.07) is 8.51. The minimum atomic E-state index is 0.265. The zero-order chi connectivity index (χ0) is 20.8. The monoisotopic (exact) mass is 410 g/mol. The molecule has 164 valence electrons. The van der Waals surface area contributed by atoms with Crippen molar-refractivity contribution >= 4 is 16.9 Å². The Morgan fingerprint density at radius 1 is 1.07 bits per heavy atom. The zero-order valence-electron chi connectivity index (χ0n) is 18.7. The number of aromatic amines is 1. The van der Waals surface area contributed by atoms with Gasteiger partial charge in [-0.3, -0.25) is 9.89 Å². The van der Waals surface area contributed by atoms with Crippen molar-refractivity contribution in [1.29, 1.82) is 0 Å². The summed E-state index contributed by atoms with van der Waals surface area (Å²) in [5.41, 5.74) is 2.83. The van der Waals surface area contributed by atoms with Crippen LogP contribution in [0.2, 0.25) is 0 Å². The smallest absolute Gasteiger partial charge is 0.191 e. The highest BCUT2D eigenvalue weighted by Gasteiger charge is 2.39. The first-order chi connectivity index (χ1) is 14.7. The van der Waals surface area contributed by atoms with Gasteiger partial charge in [0.1, 0.15) is 0 Å². The third-order valence-electron chi connectivity index (χ3n) is 7.11. The van der Waals surface area contributed by atoms with Crippen molar-refractivity contribution in [3.8, 4) is 0 Å². The molecule has 2 aromatic rings. The number of guanidine groups is 1. The number of hydrogen-bond donors (Lipinski definition) is 3. The zero-order valence-corrected chi connectivity index (χ0v) is 18.7. The highest BCUT2D eigenvalue weighted by Crippen LogP contribution is 2.30. The Morgan fingerprint density at radius 2 is 1.83 bits per heavy atom. The number of H-pyrrole nitrogens is 1. The summed E-state index contributed by atoms with van der Waals surface area (Å²) in [7, 11) is 4.13. The topological polar surface area (TPSA) is 58.7 Å². The van der Waals surface area contributed by atoms with Gasteiger partial charge in [-0.1, -0.05) is 24.6 Å². The molecule has 2 fully saturated rings. The summed E-state index contributed by atoms with van der Waals surface area (Å²) < 4.78 is 0. The molecule has 1 aromatic heterocycles. The molecule has 0 amide bonds. The number of benzene rings is 1. The van der Waals surface area contributed by atoms with Crippen molar-refractivity contribution in [2.24, 2.45) is 4.99 Å². The van der Waals surface area contributed by atoms with Crippen LogP contribution in [0.15, 0.2) is 35.5 Å². The van der Waals surface area contributed by atoms with E-state index in [1.807, 2.05) is 7.05 Å². The average Bonchev–Trinajstić information content (AvgIpc) is 3.21. The minimum Gasteiger partial charge on any atom is -0.361 e. The van der Waals surface area contributed by atoms with Crippen LogP contribution in [0, 0.1) is 0 Å². The molecule has 2 aliphatic heterocycles. The first-order valence-electron chi connectivity index (χ1n) is 11.6. The molecule has 30 heavy (non-hydrogen) atoms. The van der Waals surface area contributed by atoms with E-state index in [2.05, 4.69) is 67.9 Å². The van der Waals surface area contributed by atoms with Gasteiger partial charge in [-0.25, -0.2) is 0 Å². The van der Waals surface area contributed by atoms with Crippen LogP contribution in [0.3, 0.4) is 0 Å². The van der Waals surface area contributed by atoms with Gasteiger partial charge in [-0.15, -0.1) is 0 Å². The number of rotatable bonds is 6. The number of likely N-dealkylation sites (tertiary alicyclic amines) is 2. The first-order valence-corrected chi connectivity index (χ1v) is 11.6. The summed E-state index contributed by atoms with van der Waals surface area (Å²) >= 11 is 0. The Kier molecular flexibility index (Phi) is 6.95. The van der Waals surface area contributed by atoms with E-state index < -0.39 is 0 Å². The van der Waals surface area contributed by atoms with Crippen LogP contribution in [0.4, 0.5) is 0 Å². The molecule has 0 bridgehead atoms. The highest BCUT2D eigenvalue weighted by molar-refractivity contribution is 5.83. The number of aliphatic imine (C=N–C) groups is 1. The molecule has 0 saturated carbocycles. The Bertz CT molecular complexity index is 827. The fourth-order valence-electron chi connectivity index (χ4n) is 5.13. The van der Waals surface area contributed by atoms with Gasteiger partial charge in [-0.2, -0.15) is 0 Å². The molecule has 6 nitrogen and oxygen atoms in total. The van der Waals surface area contributed by atoms with Gasteiger partial charge < -0.3 is 20.5 Å². The average molecular weight is 411 g/mol. The van der Waals surface area contributed by atoms with Crippen molar-refractivity contribution in [2.45, 2.75) is 44.1 Å². The molecule has 3 N–H and O–H groups in total. The molecule has 0 unspecified atom stereocenters. The maximum absolute atomic E-state index is 4.50. The molecule has 0 atom stereocenters. The van der Waals surface area contributed by atoms with Crippen molar-refractivity contribution < 1.29 is 0 Å². The molecule has 2 aliphatic rings. The molecule has 4 rings (SSSR count). The van der Waals surface area contributed by atoms with Crippen LogP contribution in [0.5, 0.6) is 0 Å². The normalized spacial score (nSPS) is 21.1. The van der Waals surface area contributed by atoms with Gasteiger partial charge in [0, 0.05) is 42.8 Å². The molecule has 2 saturated heterocycles. The Balaban J connectivity index is 1.33. The van der Waals surface area contributed by atoms with E-state index >= 15 is 0 Å². The van der Waals surface area contributed by atoms with Crippen LogP contribution < -0.4 is 10.6 Å². The summed E-state index contributed by atoms with van der Waals surface area (Å²) in [6.45, 7) is 6.72. The molecule has 6 heteroatoms. The van der Waals surface area contributed by atoms with E-state index in [1.165, 1.54) is 74.7 Å². The van der Waals surface area contributed by atoms with Gasteiger partial charge in [0.15, 0.2) is 5.96 Å². The molecule has 0 radical (unpaired) electrons. The van der Waals surface area contributed by atoms with E-state index in [1.54, 1.807) is 0 Å². The summed E-state index contributed by atoms with van der Waals surface area (Å²) in [5, 5.41) is 8.53. The SMILES string of the molecule is CN=C(NCCc1c[nH]c2ccccc12)NCC1(N2CCCCC2)CCN(C)CC1. The minimum absolute atomic E-state index is 0.265. The number of fused-ring (bicyclic) bond motifs is 1. The van der Waals surface area contributed by atoms with Crippen molar-refractivity contribution in [3.63, 3.8) is 0 Å². The van der Waals surface area contributed by atoms with Crippen molar-refractivity contribution in [2.75, 3.05) is 53.4 Å². The number of hydrogen-bond acceptors (Lipinski definition) is 3. The Labute approximate surface area is 181 Å². The second kappa shape index (κ2) is 9.84. The lowest BCUT2D eigenvalue weighted by atomic mass is 9.84. The molecule has 1 aromatic carbocycles. The number of piperidine rings is 2. The number of nitrogens with one attached hydrogen (secondary N) is 3. The van der Waals surface area contributed by atoms with E-state index in [9.17, 15) is 0 Å². The highest BCUT2D eigenvalue weighted by atomic mass is 15.3. The molecular weight excluding hydrogens is 372 g/mol. The Morgan fingerprint density at radius 3 is 2.60 bits per heavy atom. The van der Waals surface area contributed by atoms with Crippen molar-refractivity contribution in [1.82, 2.24) is 25.4 Å². The van der Waals surface area contributed by atoms with Gasteiger partial charge >= 0.3 is 0 Å². The lowest BCUT2D eigenvalue weighted by Crippen LogP contribution is -2.62. The van der Waals surface area contributed by atoms with Crippen LogP contribution in [0.1, 0.15) is 37.7 Å². The predicted molar refractivity (Wildman–Crippen MR) is 126 cm³/mol. The largest absolute Gasteiger partial charge is 0.361 e. The number of nitrogens with zero attached hydrogens (tertiary/aromatic N) is 3. The van der Waals surface area contributed by atoms with Gasteiger partial charge in [0.25, 0.3) is 0 Å². The van der Waals surface area contributed by atoms with E-state index in [-0.39, 0.29) is 5.54 Å². The molecular formula is C24H38N6. The number of para-hydroxylation sites is 1. The quantitative estimate of drug-likeness (QED) is 0.506. The van der Waals surface area contributed by atoms with Crippen molar-refractivity contribution in [3.05, 3.63) is 36.0 Å². The van der Waals surface area contributed by atoms with Gasteiger partial charge in [0.2, 0.25) is 0 Å². The van der Waals surface area contributed by atoms with Crippen LogP contribution >= 0.6 is 0 Å². The maximum atomic E-state index is 4.50. The lowest BCUT2D eigenvalue weighted by molar-refractivity contribution is 0.0173. The summed E-state index contributed by atoms with van der Waals surface area (Å²) in [5.74, 6) is 0.921. The second-order valence-electron chi connectivity index (χ2n) is 9.04. The third-order valence-corrected chi connectivity index (χ3v) is 7.11. The second-order valence-corrected chi connectivity index (χ2v) is 9.04. The van der Waals surface area contributed by atoms with Gasteiger partial charge in [0.05, 0.1) is 0 Å². The summed E-state index contributed by atoms with van der Waals surface area (Å²) in [6.07, 6.45) is 9.66. The first kappa shape index (κ1) is 21.2.